The molecule has 20 heavy (non-hydrogen) atoms. The monoisotopic (exact) mass is 387 g/mol. The van der Waals surface area contributed by atoms with Crippen LogP contribution in [-0.2, 0) is 6.54 Å². The van der Waals surface area contributed by atoms with Crippen molar-refractivity contribution in [2.45, 2.75) is 58.4 Å². The third kappa shape index (κ3) is 4.11. The second kappa shape index (κ2) is 7.86. The van der Waals surface area contributed by atoms with Crippen LogP contribution in [0.2, 0.25) is 0 Å². The first kappa shape index (κ1) is 15.6. The van der Waals surface area contributed by atoms with E-state index in [1.165, 1.54) is 38.5 Å². The van der Waals surface area contributed by atoms with E-state index >= 15 is 0 Å². The van der Waals surface area contributed by atoms with Crippen LogP contribution < -0.4 is 5.76 Å². The number of nitrogens with zero attached hydrogens (tertiary/aromatic N) is 1. The molecule has 0 atom stereocenters. The van der Waals surface area contributed by atoms with Gasteiger partial charge in [-0.25, -0.2) is 4.79 Å². The molecule has 0 aliphatic rings. The maximum atomic E-state index is 11.8. The van der Waals surface area contributed by atoms with Crippen LogP contribution in [0.5, 0.6) is 0 Å². The summed E-state index contributed by atoms with van der Waals surface area (Å²) in [6.07, 6.45) is 8.77. The van der Waals surface area contributed by atoms with Gasteiger partial charge in [-0.3, -0.25) is 4.57 Å². The minimum absolute atomic E-state index is 0.229. The zero-order valence-electron chi connectivity index (χ0n) is 12.0. The Balaban J connectivity index is 1.88. The molecular formula is C16H22INO2. The van der Waals surface area contributed by atoms with Crippen molar-refractivity contribution in [1.29, 1.82) is 0 Å². The van der Waals surface area contributed by atoms with Gasteiger partial charge in [0.25, 0.3) is 0 Å². The highest BCUT2D eigenvalue weighted by Crippen LogP contribution is 2.17. The Kier molecular flexibility index (Phi) is 6.13. The first-order valence-corrected chi connectivity index (χ1v) is 8.59. The molecule has 0 aliphatic carbocycles. The number of hydrogen-bond acceptors (Lipinski definition) is 2. The zero-order chi connectivity index (χ0) is 14.4. The van der Waals surface area contributed by atoms with Gasteiger partial charge in [0, 0.05) is 10.1 Å². The zero-order valence-corrected chi connectivity index (χ0v) is 14.2. The van der Waals surface area contributed by atoms with Crippen molar-refractivity contribution < 1.29 is 4.42 Å². The minimum Gasteiger partial charge on any atom is -0.408 e. The maximum absolute atomic E-state index is 11.8. The summed E-state index contributed by atoms with van der Waals surface area (Å²) in [5, 5.41) is 0. The Bertz CT molecular complexity index is 600. The van der Waals surface area contributed by atoms with Crippen LogP contribution in [-0.4, -0.2) is 4.57 Å². The Morgan fingerprint density at radius 3 is 2.55 bits per heavy atom. The van der Waals surface area contributed by atoms with Crippen LogP contribution in [0.3, 0.4) is 0 Å². The highest BCUT2D eigenvalue weighted by atomic mass is 127. The average molecular weight is 387 g/mol. The van der Waals surface area contributed by atoms with Crippen LogP contribution in [0.4, 0.5) is 0 Å². The molecule has 0 aliphatic heterocycles. The number of benzene rings is 1. The van der Waals surface area contributed by atoms with Gasteiger partial charge >= 0.3 is 5.76 Å². The molecule has 0 bridgehead atoms. The Morgan fingerprint density at radius 2 is 1.80 bits per heavy atom. The van der Waals surface area contributed by atoms with E-state index in [0.717, 1.165) is 22.1 Å². The van der Waals surface area contributed by atoms with E-state index in [9.17, 15) is 4.79 Å². The lowest BCUT2D eigenvalue weighted by Gasteiger charge is -2.03. The molecule has 1 aromatic carbocycles. The quantitative estimate of drug-likeness (QED) is 0.475. The molecule has 0 fully saturated rings. The predicted molar refractivity (Wildman–Crippen MR) is 91.2 cm³/mol. The van der Waals surface area contributed by atoms with E-state index in [1.807, 2.05) is 18.2 Å². The summed E-state index contributed by atoms with van der Waals surface area (Å²) in [6, 6.07) is 5.85. The second-order valence-electron chi connectivity index (χ2n) is 5.25. The van der Waals surface area contributed by atoms with Gasteiger partial charge in [-0.2, -0.15) is 0 Å². The Morgan fingerprint density at radius 1 is 1.10 bits per heavy atom. The normalized spacial score (nSPS) is 11.3. The van der Waals surface area contributed by atoms with Gasteiger partial charge in [-0.1, -0.05) is 45.4 Å². The fraction of sp³-hybridized carbons (Fsp3) is 0.562. The Hall–Kier alpha value is -0.780. The summed E-state index contributed by atoms with van der Waals surface area (Å²) in [4.78, 5) is 11.8. The van der Waals surface area contributed by atoms with Gasteiger partial charge in [0.1, 0.15) is 0 Å². The van der Waals surface area contributed by atoms with Gasteiger partial charge in [0.2, 0.25) is 0 Å². The molecule has 0 N–H and O–H groups in total. The Labute approximate surface area is 133 Å². The number of oxazole rings is 1. The van der Waals surface area contributed by atoms with Crippen molar-refractivity contribution in [2.24, 2.45) is 0 Å². The molecule has 0 amide bonds. The van der Waals surface area contributed by atoms with E-state index in [0.29, 0.717) is 5.58 Å². The first-order valence-electron chi connectivity index (χ1n) is 7.51. The molecule has 3 nitrogen and oxygen atoms in total. The molecule has 2 aromatic rings. The molecule has 0 radical (unpaired) electrons. The predicted octanol–water partition coefficient (Wildman–Crippen LogP) is 4.95. The van der Waals surface area contributed by atoms with Crippen LogP contribution >= 0.6 is 22.6 Å². The van der Waals surface area contributed by atoms with Crippen LogP contribution in [0.15, 0.2) is 27.4 Å². The van der Waals surface area contributed by atoms with Gasteiger partial charge < -0.3 is 4.42 Å². The molecule has 0 unspecified atom stereocenters. The van der Waals surface area contributed by atoms with Gasteiger partial charge in [-0.15, -0.1) is 0 Å². The number of rotatable bonds is 8. The molecule has 1 aromatic heterocycles. The van der Waals surface area contributed by atoms with E-state index in [4.69, 9.17) is 4.42 Å². The molecule has 110 valence electrons. The van der Waals surface area contributed by atoms with Crippen molar-refractivity contribution in [3.8, 4) is 0 Å². The van der Waals surface area contributed by atoms with Gasteiger partial charge in [0.05, 0.1) is 5.52 Å². The largest absolute Gasteiger partial charge is 0.419 e. The minimum atomic E-state index is -0.229. The fourth-order valence-corrected chi connectivity index (χ4v) is 2.95. The van der Waals surface area contributed by atoms with Crippen molar-refractivity contribution >= 4 is 33.7 Å². The van der Waals surface area contributed by atoms with Crippen molar-refractivity contribution in [3.63, 3.8) is 0 Å². The molecular weight excluding hydrogens is 365 g/mol. The highest BCUT2D eigenvalue weighted by molar-refractivity contribution is 14.1. The third-order valence-electron chi connectivity index (χ3n) is 3.61. The summed E-state index contributed by atoms with van der Waals surface area (Å²) in [7, 11) is 0. The number of unbranched alkanes of at least 4 members (excludes halogenated alkanes) is 6. The molecule has 4 heteroatoms. The smallest absolute Gasteiger partial charge is 0.408 e. The molecule has 0 saturated heterocycles. The summed E-state index contributed by atoms with van der Waals surface area (Å²) >= 11 is 2.26. The maximum Gasteiger partial charge on any atom is 0.419 e. The third-order valence-corrected chi connectivity index (χ3v) is 4.29. The lowest BCUT2D eigenvalue weighted by molar-refractivity contribution is 0.484. The van der Waals surface area contributed by atoms with Gasteiger partial charge in [-0.05, 0) is 47.2 Å². The van der Waals surface area contributed by atoms with Crippen molar-refractivity contribution in [2.75, 3.05) is 0 Å². The fourth-order valence-electron chi connectivity index (χ4n) is 2.47. The van der Waals surface area contributed by atoms with E-state index < -0.39 is 0 Å². The molecule has 0 saturated carbocycles. The summed E-state index contributed by atoms with van der Waals surface area (Å²) in [5.41, 5.74) is 1.62. The number of aromatic nitrogens is 1. The average Bonchev–Trinajstić information content (AvgIpc) is 2.73. The summed E-state index contributed by atoms with van der Waals surface area (Å²) in [6.45, 7) is 3.00. The van der Waals surface area contributed by atoms with E-state index in [1.54, 1.807) is 4.57 Å². The van der Waals surface area contributed by atoms with Gasteiger partial charge in [0.15, 0.2) is 5.58 Å². The molecule has 2 rings (SSSR count). The second-order valence-corrected chi connectivity index (χ2v) is 6.50. The number of hydrogen-bond donors (Lipinski definition) is 0. The summed E-state index contributed by atoms with van der Waals surface area (Å²) in [5.74, 6) is -0.229. The van der Waals surface area contributed by atoms with Crippen molar-refractivity contribution in [3.05, 3.63) is 32.3 Å². The van der Waals surface area contributed by atoms with Crippen LogP contribution in [0.1, 0.15) is 51.9 Å². The standard InChI is InChI=1S/C16H22INO2/c1-2-3-4-5-6-7-8-11-18-14-12-13(17)9-10-15(14)20-16(18)19/h9-10,12H,2-8,11H2,1H3. The van der Waals surface area contributed by atoms with E-state index in [2.05, 4.69) is 29.5 Å². The van der Waals surface area contributed by atoms with Crippen LogP contribution in [0.25, 0.3) is 11.1 Å². The number of aryl methyl sites for hydroxylation is 1. The highest BCUT2D eigenvalue weighted by Gasteiger charge is 2.08. The first-order chi connectivity index (χ1) is 9.72. The molecule has 0 spiro atoms. The summed E-state index contributed by atoms with van der Waals surface area (Å²) < 4.78 is 8.16. The SMILES string of the molecule is CCCCCCCCCn1c(=O)oc2ccc(I)cc21. The van der Waals surface area contributed by atoms with E-state index in [-0.39, 0.29) is 5.76 Å². The lowest BCUT2D eigenvalue weighted by Crippen LogP contribution is -2.14. The van der Waals surface area contributed by atoms with Crippen molar-refractivity contribution in [1.82, 2.24) is 4.57 Å². The molecule has 1 heterocycles. The number of halogens is 1. The van der Waals surface area contributed by atoms with Crippen LogP contribution in [0, 0.1) is 3.57 Å². The lowest BCUT2D eigenvalue weighted by atomic mass is 10.1. The number of fused-ring (bicyclic) bond motifs is 1. The topological polar surface area (TPSA) is 35.1 Å².